The number of carbonyl (C=O) groups is 1. The van der Waals surface area contributed by atoms with Gasteiger partial charge in [0, 0.05) is 22.4 Å². The van der Waals surface area contributed by atoms with Crippen molar-refractivity contribution in [2.75, 3.05) is 12.4 Å². The van der Waals surface area contributed by atoms with Crippen molar-refractivity contribution in [3.8, 4) is 17.0 Å². The molecule has 0 bridgehead atoms. The molecule has 3 rings (SSSR count). The highest BCUT2D eigenvalue weighted by molar-refractivity contribution is 7.14. The average Bonchev–Trinajstić information content (AvgIpc) is 3.22. The van der Waals surface area contributed by atoms with Crippen LogP contribution in [0.5, 0.6) is 5.75 Å². The number of carbonyl (C=O) groups excluding carboxylic acids is 1. The van der Waals surface area contributed by atoms with E-state index >= 15 is 0 Å². The molecular formula is C18H17N3O2S2. The first-order valence-electron chi connectivity index (χ1n) is 7.57. The Balaban J connectivity index is 1.72. The summed E-state index contributed by atoms with van der Waals surface area (Å²) in [4.78, 5) is 20.8. The van der Waals surface area contributed by atoms with Gasteiger partial charge in [-0.15, -0.1) is 22.7 Å². The van der Waals surface area contributed by atoms with Crippen LogP contribution >= 0.6 is 22.7 Å². The van der Waals surface area contributed by atoms with Gasteiger partial charge in [0.2, 0.25) is 5.91 Å². The average molecular weight is 371 g/mol. The third-order valence-corrected chi connectivity index (χ3v) is 4.96. The summed E-state index contributed by atoms with van der Waals surface area (Å²) < 4.78 is 5.39. The van der Waals surface area contributed by atoms with Crippen LogP contribution in [0.15, 0.2) is 35.0 Å². The van der Waals surface area contributed by atoms with E-state index in [-0.39, 0.29) is 5.91 Å². The van der Waals surface area contributed by atoms with Gasteiger partial charge < -0.3 is 4.74 Å². The lowest BCUT2D eigenvalue weighted by Gasteiger charge is -2.07. The number of ether oxygens (including phenoxy) is 1. The smallest absolute Gasteiger partial charge is 0.250 e. The predicted octanol–water partition coefficient (Wildman–Crippen LogP) is 4.54. The minimum atomic E-state index is -0.234. The number of nitrogens with one attached hydrogen (secondary N) is 1. The summed E-state index contributed by atoms with van der Waals surface area (Å²) in [6.07, 6.45) is 3.15. The maximum Gasteiger partial charge on any atom is 0.250 e. The summed E-state index contributed by atoms with van der Waals surface area (Å²) in [7, 11) is 1.63. The summed E-state index contributed by atoms with van der Waals surface area (Å²) in [6.45, 7) is 3.95. The maximum absolute atomic E-state index is 12.0. The Labute approximate surface area is 154 Å². The van der Waals surface area contributed by atoms with Gasteiger partial charge in [-0.3, -0.25) is 10.1 Å². The second-order valence-corrected chi connectivity index (χ2v) is 7.28. The SMILES string of the molecule is COc1ccc(C)cc1-c1csc(NC(=O)/C=C/c2csc(C)n2)n1. The van der Waals surface area contributed by atoms with Crippen molar-refractivity contribution >= 4 is 39.8 Å². The molecule has 2 heterocycles. The van der Waals surface area contributed by atoms with Crippen molar-refractivity contribution in [1.29, 1.82) is 0 Å². The Kier molecular flexibility index (Phi) is 5.25. The zero-order chi connectivity index (χ0) is 17.8. The molecule has 0 radical (unpaired) electrons. The highest BCUT2D eigenvalue weighted by atomic mass is 32.1. The molecule has 2 aromatic heterocycles. The van der Waals surface area contributed by atoms with Gasteiger partial charge in [-0.1, -0.05) is 11.6 Å². The Bertz CT molecular complexity index is 928. The highest BCUT2D eigenvalue weighted by Gasteiger charge is 2.11. The van der Waals surface area contributed by atoms with Gasteiger partial charge in [-0.05, 0) is 32.1 Å². The molecule has 7 heteroatoms. The van der Waals surface area contributed by atoms with Crippen LogP contribution in [0, 0.1) is 13.8 Å². The summed E-state index contributed by atoms with van der Waals surface area (Å²) in [5.41, 5.74) is 3.59. The van der Waals surface area contributed by atoms with Gasteiger partial charge in [0.1, 0.15) is 5.75 Å². The number of methoxy groups -OCH3 is 1. The fourth-order valence-electron chi connectivity index (χ4n) is 2.24. The molecule has 0 aliphatic rings. The van der Waals surface area contributed by atoms with E-state index in [9.17, 15) is 4.79 Å². The van der Waals surface area contributed by atoms with Crippen LogP contribution in [-0.4, -0.2) is 23.0 Å². The molecule has 1 N–H and O–H groups in total. The van der Waals surface area contributed by atoms with E-state index < -0.39 is 0 Å². The number of amides is 1. The first-order valence-corrected chi connectivity index (χ1v) is 9.33. The third-order valence-electron chi connectivity index (χ3n) is 3.41. The third kappa shape index (κ3) is 4.32. The lowest BCUT2D eigenvalue weighted by Crippen LogP contribution is -2.07. The topological polar surface area (TPSA) is 64.1 Å². The van der Waals surface area contributed by atoms with Crippen molar-refractivity contribution < 1.29 is 9.53 Å². The monoisotopic (exact) mass is 371 g/mol. The van der Waals surface area contributed by atoms with Gasteiger partial charge in [-0.2, -0.15) is 0 Å². The Morgan fingerprint density at radius 3 is 2.76 bits per heavy atom. The Hall–Kier alpha value is -2.51. The summed E-state index contributed by atoms with van der Waals surface area (Å²) in [5, 5.41) is 8.10. The first-order chi connectivity index (χ1) is 12.0. The molecule has 0 saturated heterocycles. The lowest BCUT2D eigenvalue weighted by atomic mass is 10.1. The van der Waals surface area contributed by atoms with Crippen molar-refractivity contribution in [3.63, 3.8) is 0 Å². The predicted molar refractivity (Wildman–Crippen MR) is 103 cm³/mol. The van der Waals surface area contributed by atoms with E-state index in [1.807, 2.05) is 42.8 Å². The molecule has 3 aromatic rings. The van der Waals surface area contributed by atoms with E-state index in [0.29, 0.717) is 5.13 Å². The molecule has 0 aliphatic heterocycles. The number of benzene rings is 1. The zero-order valence-electron chi connectivity index (χ0n) is 14.1. The van der Waals surface area contributed by atoms with Crippen molar-refractivity contribution in [2.45, 2.75) is 13.8 Å². The lowest BCUT2D eigenvalue weighted by molar-refractivity contribution is -0.111. The summed E-state index contributed by atoms with van der Waals surface area (Å²) >= 11 is 2.93. The molecule has 1 aromatic carbocycles. The number of aromatic nitrogens is 2. The van der Waals surface area contributed by atoms with Crippen LogP contribution in [0.1, 0.15) is 16.3 Å². The number of nitrogens with zero attached hydrogens (tertiary/aromatic N) is 2. The number of anilines is 1. The highest BCUT2D eigenvalue weighted by Crippen LogP contribution is 2.32. The molecular weight excluding hydrogens is 354 g/mol. The maximum atomic E-state index is 12.0. The van der Waals surface area contributed by atoms with Crippen molar-refractivity contribution in [1.82, 2.24) is 9.97 Å². The van der Waals surface area contributed by atoms with E-state index in [1.54, 1.807) is 24.5 Å². The number of hydrogen-bond donors (Lipinski definition) is 1. The molecule has 5 nitrogen and oxygen atoms in total. The first kappa shape index (κ1) is 17.3. The van der Waals surface area contributed by atoms with Gasteiger partial charge in [0.25, 0.3) is 0 Å². The molecule has 0 atom stereocenters. The molecule has 0 spiro atoms. The fraction of sp³-hybridized carbons (Fsp3) is 0.167. The normalized spacial score (nSPS) is 11.0. The van der Waals surface area contributed by atoms with Crippen LogP contribution in [0.25, 0.3) is 17.3 Å². The molecule has 0 fully saturated rings. The van der Waals surface area contributed by atoms with Crippen molar-refractivity contribution in [3.05, 3.63) is 51.3 Å². The minimum absolute atomic E-state index is 0.234. The summed E-state index contributed by atoms with van der Waals surface area (Å²) in [5.74, 6) is 0.523. The van der Waals surface area contributed by atoms with Gasteiger partial charge in [-0.25, -0.2) is 9.97 Å². The minimum Gasteiger partial charge on any atom is -0.496 e. The molecule has 0 unspecified atom stereocenters. The fourth-order valence-corrected chi connectivity index (χ4v) is 3.54. The molecule has 0 aliphatic carbocycles. The second-order valence-electron chi connectivity index (χ2n) is 5.36. The molecule has 1 amide bonds. The molecule has 128 valence electrons. The van der Waals surface area contributed by atoms with E-state index in [4.69, 9.17) is 4.74 Å². The van der Waals surface area contributed by atoms with Gasteiger partial charge >= 0.3 is 0 Å². The van der Waals surface area contributed by atoms with Crippen LogP contribution in [-0.2, 0) is 4.79 Å². The van der Waals surface area contributed by atoms with Crippen molar-refractivity contribution in [2.24, 2.45) is 0 Å². The largest absolute Gasteiger partial charge is 0.496 e. The van der Waals surface area contributed by atoms with Crippen LogP contribution in [0.4, 0.5) is 5.13 Å². The Morgan fingerprint density at radius 1 is 1.20 bits per heavy atom. The van der Waals surface area contributed by atoms with E-state index in [2.05, 4.69) is 15.3 Å². The van der Waals surface area contributed by atoms with Crippen LogP contribution in [0.3, 0.4) is 0 Å². The molecule has 0 saturated carbocycles. The number of aryl methyl sites for hydroxylation is 2. The van der Waals surface area contributed by atoms with E-state index in [1.165, 1.54) is 17.4 Å². The standard InChI is InChI=1S/C18H17N3O2S2/c1-11-4-6-16(23-3)14(8-11)15-10-25-18(20-15)21-17(22)7-5-13-9-24-12(2)19-13/h4-10H,1-3H3,(H,20,21,22)/b7-5+. The molecule has 25 heavy (non-hydrogen) atoms. The zero-order valence-corrected chi connectivity index (χ0v) is 15.7. The Morgan fingerprint density at radius 2 is 2.04 bits per heavy atom. The van der Waals surface area contributed by atoms with Crippen LogP contribution in [0.2, 0.25) is 0 Å². The number of rotatable bonds is 5. The second kappa shape index (κ2) is 7.58. The van der Waals surface area contributed by atoms with E-state index in [0.717, 1.165) is 33.3 Å². The van der Waals surface area contributed by atoms with Gasteiger partial charge in [0.05, 0.1) is 23.5 Å². The van der Waals surface area contributed by atoms with Crippen LogP contribution < -0.4 is 10.1 Å². The number of thiazole rings is 2. The number of hydrogen-bond acceptors (Lipinski definition) is 6. The quantitative estimate of drug-likeness (QED) is 0.669. The summed E-state index contributed by atoms with van der Waals surface area (Å²) in [6, 6.07) is 5.92. The van der Waals surface area contributed by atoms with Gasteiger partial charge in [0.15, 0.2) is 5.13 Å².